The minimum atomic E-state index is -0.507. The van der Waals surface area contributed by atoms with E-state index in [1.165, 1.54) is 0 Å². The third-order valence-electron chi connectivity index (χ3n) is 6.25. The van der Waals surface area contributed by atoms with E-state index >= 15 is 0 Å². The molecule has 5 rings (SSSR count). The van der Waals surface area contributed by atoms with Crippen molar-refractivity contribution in [2.24, 2.45) is 0 Å². The van der Waals surface area contributed by atoms with Crippen LogP contribution in [0.25, 0.3) is 22.2 Å². The van der Waals surface area contributed by atoms with E-state index in [0.717, 1.165) is 38.8 Å². The van der Waals surface area contributed by atoms with Crippen molar-refractivity contribution >= 4 is 32.7 Å². The molecule has 2 fully saturated rings. The summed E-state index contributed by atoms with van der Waals surface area (Å²) in [6.45, 7) is 5.24. The fourth-order valence-electron chi connectivity index (χ4n) is 4.47. The number of rotatable bonds is 5. The first-order valence-electron chi connectivity index (χ1n) is 11.5. The Labute approximate surface area is 202 Å². The van der Waals surface area contributed by atoms with Crippen molar-refractivity contribution in [3.63, 3.8) is 0 Å². The van der Waals surface area contributed by atoms with E-state index in [9.17, 15) is 4.79 Å². The molecular formula is C26H27BrN2O4. The lowest BCUT2D eigenvalue weighted by atomic mass is 10.00. The molecule has 172 valence electrons. The van der Waals surface area contributed by atoms with Crippen LogP contribution in [0, 0.1) is 0 Å². The van der Waals surface area contributed by atoms with Gasteiger partial charge in [-0.1, -0.05) is 22.9 Å². The average Bonchev–Trinajstić information content (AvgIpc) is 3.30. The number of benzene rings is 2. The van der Waals surface area contributed by atoms with Crippen molar-refractivity contribution in [1.82, 2.24) is 9.88 Å². The Hall–Kier alpha value is -2.48. The Morgan fingerprint density at radius 2 is 1.82 bits per heavy atom. The van der Waals surface area contributed by atoms with Gasteiger partial charge in [0, 0.05) is 41.4 Å². The van der Waals surface area contributed by atoms with Gasteiger partial charge in [0.05, 0.1) is 36.6 Å². The molecule has 1 aromatic heterocycles. The molecule has 1 spiro atoms. The van der Waals surface area contributed by atoms with E-state index in [1.807, 2.05) is 53.4 Å². The summed E-state index contributed by atoms with van der Waals surface area (Å²) < 4.78 is 18.3. The van der Waals surface area contributed by atoms with E-state index in [1.54, 1.807) is 0 Å². The van der Waals surface area contributed by atoms with Crippen molar-refractivity contribution in [1.29, 1.82) is 0 Å². The van der Waals surface area contributed by atoms with Gasteiger partial charge in [0.2, 0.25) is 0 Å². The van der Waals surface area contributed by atoms with Gasteiger partial charge in [-0.2, -0.15) is 0 Å². The summed E-state index contributed by atoms with van der Waals surface area (Å²) in [5.41, 5.74) is 3.17. The summed E-state index contributed by atoms with van der Waals surface area (Å²) in [5, 5.41) is 0.842. The molecule has 0 unspecified atom stereocenters. The van der Waals surface area contributed by atoms with E-state index < -0.39 is 5.79 Å². The van der Waals surface area contributed by atoms with Crippen LogP contribution < -0.4 is 4.74 Å². The number of aromatic nitrogens is 1. The Kier molecular flexibility index (Phi) is 6.36. The summed E-state index contributed by atoms with van der Waals surface area (Å²) in [4.78, 5) is 20.4. The molecular weight excluding hydrogens is 484 g/mol. The maximum absolute atomic E-state index is 13.7. The van der Waals surface area contributed by atoms with Crippen LogP contribution in [0.4, 0.5) is 0 Å². The summed E-state index contributed by atoms with van der Waals surface area (Å²) >= 11 is 3.54. The largest absolute Gasteiger partial charge is 0.494 e. The maximum atomic E-state index is 13.7. The number of carbonyl (C=O) groups excluding carboxylic acids is 1. The highest BCUT2D eigenvalue weighted by atomic mass is 79.9. The standard InChI is InChI=1S/C26H27BrN2O4/c1-2-13-31-20-6-3-18(4-7-20)24-17-22(21-16-19(27)5-8-23(21)28-24)25(30)29-11-9-26(10-12-29)32-14-15-33-26/h3-8,16-17H,2,9-15H2,1H3. The average molecular weight is 511 g/mol. The predicted molar refractivity (Wildman–Crippen MR) is 130 cm³/mol. The highest BCUT2D eigenvalue weighted by molar-refractivity contribution is 9.10. The molecule has 6 nitrogen and oxygen atoms in total. The zero-order valence-electron chi connectivity index (χ0n) is 18.7. The Balaban J connectivity index is 1.47. The molecule has 7 heteroatoms. The van der Waals surface area contributed by atoms with Crippen molar-refractivity contribution in [2.45, 2.75) is 32.0 Å². The second-order valence-corrected chi connectivity index (χ2v) is 9.40. The van der Waals surface area contributed by atoms with Crippen LogP contribution in [0.2, 0.25) is 0 Å². The van der Waals surface area contributed by atoms with Crippen LogP contribution in [-0.4, -0.2) is 54.5 Å². The summed E-state index contributed by atoms with van der Waals surface area (Å²) in [7, 11) is 0. The Morgan fingerprint density at radius 3 is 2.52 bits per heavy atom. The van der Waals surface area contributed by atoms with Crippen LogP contribution >= 0.6 is 15.9 Å². The lowest BCUT2D eigenvalue weighted by Crippen LogP contribution is -2.47. The monoisotopic (exact) mass is 510 g/mol. The fourth-order valence-corrected chi connectivity index (χ4v) is 4.83. The molecule has 2 saturated heterocycles. The molecule has 3 aromatic rings. The molecule has 3 heterocycles. The van der Waals surface area contributed by atoms with Crippen molar-refractivity contribution < 1.29 is 19.0 Å². The number of ether oxygens (including phenoxy) is 3. The first kappa shape index (κ1) is 22.3. The molecule has 2 aliphatic rings. The molecule has 1 amide bonds. The van der Waals surface area contributed by atoms with Crippen molar-refractivity contribution in [3.05, 3.63) is 58.6 Å². The van der Waals surface area contributed by atoms with Gasteiger partial charge >= 0.3 is 0 Å². The quantitative estimate of drug-likeness (QED) is 0.457. The van der Waals surface area contributed by atoms with Crippen LogP contribution in [0.15, 0.2) is 53.0 Å². The first-order chi connectivity index (χ1) is 16.1. The van der Waals surface area contributed by atoms with Gasteiger partial charge in [0.15, 0.2) is 5.79 Å². The number of likely N-dealkylation sites (tertiary alicyclic amines) is 1. The van der Waals surface area contributed by atoms with Gasteiger partial charge in [-0.05, 0) is 55.0 Å². The topological polar surface area (TPSA) is 60.9 Å². The number of hydrogen-bond acceptors (Lipinski definition) is 5. The summed E-state index contributed by atoms with van der Waals surface area (Å²) in [5.74, 6) is 0.338. The molecule has 0 aliphatic carbocycles. The summed E-state index contributed by atoms with van der Waals surface area (Å²) in [6.07, 6.45) is 2.35. The van der Waals surface area contributed by atoms with Gasteiger partial charge < -0.3 is 19.1 Å². The number of halogens is 1. The molecule has 2 aliphatic heterocycles. The normalized spacial score (nSPS) is 17.6. The smallest absolute Gasteiger partial charge is 0.254 e. The Bertz CT molecular complexity index is 1150. The molecule has 2 aromatic carbocycles. The highest BCUT2D eigenvalue weighted by Crippen LogP contribution is 2.33. The number of piperidine rings is 1. The molecule has 0 radical (unpaired) electrons. The van der Waals surface area contributed by atoms with Gasteiger partial charge in [0.25, 0.3) is 5.91 Å². The number of hydrogen-bond donors (Lipinski definition) is 0. The SMILES string of the molecule is CCCOc1ccc(-c2cc(C(=O)N3CCC4(CC3)OCCO4)c3cc(Br)ccc3n2)cc1. The predicted octanol–water partition coefficient (Wildman–Crippen LogP) is 5.43. The van der Waals surface area contributed by atoms with Gasteiger partial charge in [-0.15, -0.1) is 0 Å². The van der Waals surface area contributed by atoms with Gasteiger partial charge in [-0.25, -0.2) is 4.98 Å². The first-order valence-corrected chi connectivity index (χ1v) is 12.3. The number of nitrogens with zero attached hydrogens (tertiary/aromatic N) is 2. The van der Waals surface area contributed by atoms with E-state index in [4.69, 9.17) is 19.2 Å². The molecule has 0 atom stereocenters. The van der Waals surface area contributed by atoms with Crippen molar-refractivity contribution in [3.8, 4) is 17.0 Å². The number of fused-ring (bicyclic) bond motifs is 1. The fraction of sp³-hybridized carbons (Fsp3) is 0.385. The van der Waals surface area contributed by atoms with E-state index in [2.05, 4.69) is 22.9 Å². The molecule has 0 saturated carbocycles. The highest BCUT2D eigenvalue weighted by Gasteiger charge is 2.41. The zero-order chi connectivity index (χ0) is 22.8. The van der Waals surface area contributed by atoms with Crippen LogP contribution in [0.5, 0.6) is 5.75 Å². The molecule has 33 heavy (non-hydrogen) atoms. The third-order valence-corrected chi connectivity index (χ3v) is 6.74. The second kappa shape index (κ2) is 9.41. The lowest BCUT2D eigenvalue weighted by molar-refractivity contribution is -0.181. The van der Waals surface area contributed by atoms with Crippen molar-refractivity contribution in [2.75, 3.05) is 32.9 Å². The molecule has 0 bridgehead atoms. The Morgan fingerprint density at radius 1 is 1.09 bits per heavy atom. The third kappa shape index (κ3) is 4.63. The minimum absolute atomic E-state index is 0.0116. The zero-order valence-corrected chi connectivity index (χ0v) is 20.3. The van der Waals surface area contributed by atoms with Crippen LogP contribution in [-0.2, 0) is 9.47 Å². The van der Waals surface area contributed by atoms with Crippen LogP contribution in [0.1, 0.15) is 36.5 Å². The lowest BCUT2D eigenvalue weighted by Gasteiger charge is -2.37. The minimum Gasteiger partial charge on any atom is -0.494 e. The van der Waals surface area contributed by atoms with Crippen LogP contribution in [0.3, 0.4) is 0 Å². The van der Waals surface area contributed by atoms with Gasteiger partial charge in [0.1, 0.15) is 5.75 Å². The van der Waals surface area contributed by atoms with Gasteiger partial charge in [-0.3, -0.25) is 4.79 Å². The number of carbonyl (C=O) groups is 1. The second-order valence-electron chi connectivity index (χ2n) is 8.49. The van der Waals surface area contributed by atoms with E-state index in [-0.39, 0.29) is 5.91 Å². The number of amides is 1. The van der Waals surface area contributed by atoms with E-state index in [0.29, 0.717) is 51.3 Å². The maximum Gasteiger partial charge on any atom is 0.254 e. The number of pyridine rings is 1. The summed E-state index contributed by atoms with van der Waals surface area (Å²) in [6, 6.07) is 15.7. The molecule has 0 N–H and O–H groups in total.